The molecule has 2 heterocycles. The Hall–Kier alpha value is -2.42. The number of carbonyl (C=O) groups excluding carboxylic acids is 4. The van der Waals surface area contributed by atoms with Crippen LogP contribution in [-0.4, -0.2) is 73.1 Å². The van der Waals surface area contributed by atoms with Crippen molar-refractivity contribution in [2.24, 2.45) is 17.8 Å². The highest BCUT2D eigenvalue weighted by molar-refractivity contribution is 9.10. The van der Waals surface area contributed by atoms with Gasteiger partial charge in [-0.15, -0.1) is 23.2 Å². The normalized spacial score (nSPS) is 31.6. The van der Waals surface area contributed by atoms with Crippen LogP contribution in [0.15, 0.2) is 52.5 Å². The van der Waals surface area contributed by atoms with E-state index in [0.717, 1.165) is 9.80 Å². The van der Waals surface area contributed by atoms with E-state index < -0.39 is 64.2 Å². The molecule has 6 rings (SSSR count). The molecule has 0 bridgehead atoms. The van der Waals surface area contributed by atoms with E-state index >= 15 is 0 Å². The monoisotopic (exact) mass is 754 g/mol. The number of alkyl halides is 3. The molecule has 2 aliphatic heterocycles. The van der Waals surface area contributed by atoms with Gasteiger partial charge in [0.15, 0.2) is 21.2 Å². The zero-order chi connectivity index (χ0) is 31.2. The number of anilines is 1. The summed E-state index contributed by atoms with van der Waals surface area (Å²) in [6.45, 7) is 0. The summed E-state index contributed by atoms with van der Waals surface area (Å²) >= 11 is 21.0. The van der Waals surface area contributed by atoms with Crippen molar-refractivity contribution in [3.05, 3.63) is 58.1 Å². The summed E-state index contributed by atoms with van der Waals surface area (Å²) in [7, 11) is -0.450. The lowest BCUT2D eigenvalue weighted by Crippen LogP contribution is -2.60. The Bertz CT molecular complexity index is 1640. The molecule has 0 aromatic heterocycles. The molecule has 0 radical (unpaired) electrons. The number of methoxy groups -OCH3 is 1. The second-order valence-corrected chi connectivity index (χ2v) is 13.7. The molecule has 4 aliphatic rings. The number of aromatic hydroxyl groups is 1. The molecular weight excluding hydrogens is 734 g/mol. The highest BCUT2D eigenvalue weighted by Crippen LogP contribution is 2.66. The first-order valence-electron chi connectivity index (χ1n) is 13.2. The number of nitrogens with zero attached hydrogens (tertiary/aromatic N) is 2. The molecule has 2 aromatic rings. The molecule has 3 fully saturated rings. The standard InChI is InChI=1S/C28H23BBr2Cl2N2O8/c1-43-19-9-13(31)8-17(22(19)36)21-15-5-6-16-20(18(15)10-27(32)25(39)34(11-30)26(40)28(21,27)33)24(38)35(23(16)37)14-4-2-3-12(7-14)29(41)42/h2-5,7-9,16,18,20-21,36,41-42H,6,10-11H2,1H3. The summed E-state index contributed by atoms with van der Waals surface area (Å²) in [6.07, 6.45) is 1.65. The lowest BCUT2D eigenvalue weighted by molar-refractivity contribution is -0.138. The van der Waals surface area contributed by atoms with E-state index in [-0.39, 0.29) is 46.5 Å². The number of benzene rings is 2. The number of ether oxygens (including phenoxy) is 1. The maximum absolute atomic E-state index is 14.1. The van der Waals surface area contributed by atoms with Crippen LogP contribution in [0.5, 0.6) is 11.5 Å². The fourth-order valence-corrected chi connectivity index (χ4v) is 9.02. The first-order valence-corrected chi connectivity index (χ1v) is 15.9. The quantitative estimate of drug-likeness (QED) is 0.139. The van der Waals surface area contributed by atoms with Gasteiger partial charge >= 0.3 is 7.12 Å². The van der Waals surface area contributed by atoms with Crippen molar-refractivity contribution in [2.75, 3.05) is 17.5 Å². The SMILES string of the molecule is COc1cc(Br)cc(C2C3=CCC4C(=O)N(c5cccc(B(O)O)c5)C(=O)C4C3CC3(Cl)C(=O)N(CBr)C(=O)C23Cl)c1O. The summed E-state index contributed by atoms with van der Waals surface area (Å²) in [4.78, 5) is 53.4. The van der Waals surface area contributed by atoms with Gasteiger partial charge in [0.05, 0.1) is 30.1 Å². The molecule has 3 N–H and O–H groups in total. The van der Waals surface area contributed by atoms with Gasteiger partial charge in [-0.2, -0.15) is 0 Å². The molecule has 2 aliphatic carbocycles. The third-order valence-electron chi connectivity index (χ3n) is 9.04. The van der Waals surface area contributed by atoms with Crippen LogP contribution in [0.2, 0.25) is 0 Å². The van der Waals surface area contributed by atoms with E-state index in [0.29, 0.717) is 10.0 Å². The largest absolute Gasteiger partial charge is 0.504 e. The van der Waals surface area contributed by atoms with E-state index in [2.05, 4.69) is 31.9 Å². The number of hydrogen-bond acceptors (Lipinski definition) is 8. The first-order chi connectivity index (χ1) is 20.3. The van der Waals surface area contributed by atoms with Crippen molar-refractivity contribution in [3.63, 3.8) is 0 Å². The van der Waals surface area contributed by atoms with Crippen molar-refractivity contribution < 1.29 is 39.1 Å². The molecule has 6 atom stereocenters. The van der Waals surface area contributed by atoms with Crippen LogP contribution in [0.4, 0.5) is 5.69 Å². The summed E-state index contributed by atoms with van der Waals surface area (Å²) in [5.41, 5.74) is 0.755. The predicted molar refractivity (Wildman–Crippen MR) is 164 cm³/mol. The number of rotatable bonds is 5. The van der Waals surface area contributed by atoms with E-state index in [1.807, 2.05) is 0 Å². The van der Waals surface area contributed by atoms with E-state index in [9.17, 15) is 34.3 Å². The predicted octanol–water partition coefficient (Wildman–Crippen LogP) is 2.76. The minimum atomic E-state index is -2.09. The Kier molecular flexibility index (Phi) is 7.54. The fraction of sp³-hybridized carbons (Fsp3) is 0.357. The molecule has 15 heteroatoms. The van der Waals surface area contributed by atoms with Gasteiger partial charge in [0.1, 0.15) is 0 Å². The number of phenols is 1. The number of fused-ring (bicyclic) bond motifs is 4. The zero-order valence-electron chi connectivity index (χ0n) is 22.3. The first kappa shape index (κ1) is 30.6. The Labute approximate surface area is 273 Å². The minimum absolute atomic E-state index is 0.0830. The van der Waals surface area contributed by atoms with Crippen LogP contribution in [0.3, 0.4) is 0 Å². The lowest BCUT2D eigenvalue weighted by atomic mass is 9.56. The number of phenolic OH excluding ortho intramolecular Hbond substituents is 1. The molecule has 6 unspecified atom stereocenters. The molecule has 2 aromatic carbocycles. The molecule has 1 saturated carbocycles. The number of allylic oxidation sites excluding steroid dienone is 2. The lowest BCUT2D eigenvalue weighted by Gasteiger charge is -2.50. The summed E-state index contributed by atoms with van der Waals surface area (Å²) in [5, 5.41) is 30.6. The van der Waals surface area contributed by atoms with Crippen LogP contribution in [0, 0.1) is 17.8 Å². The van der Waals surface area contributed by atoms with Gasteiger partial charge in [-0.1, -0.05) is 55.6 Å². The number of amides is 4. The van der Waals surface area contributed by atoms with Gasteiger partial charge < -0.3 is 19.9 Å². The topological polar surface area (TPSA) is 145 Å². The molecule has 0 spiro atoms. The Morgan fingerprint density at radius 2 is 1.79 bits per heavy atom. The Balaban J connectivity index is 1.54. The summed E-state index contributed by atoms with van der Waals surface area (Å²) < 4.78 is 5.85. The van der Waals surface area contributed by atoms with Crippen LogP contribution >= 0.6 is 55.1 Å². The number of hydrogen-bond donors (Lipinski definition) is 3. The van der Waals surface area contributed by atoms with Crippen molar-refractivity contribution in [1.29, 1.82) is 0 Å². The number of carbonyl (C=O) groups is 4. The van der Waals surface area contributed by atoms with E-state index in [1.54, 1.807) is 12.1 Å². The maximum Gasteiger partial charge on any atom is 0.488 e. The highest BCUT2D eigenvalue weighted by atomic mass is 79.9. The molecular formula is C28H23BBr2Cl2N2O8. The average Bonchev–Trinajstić information content (AvgIpc) is 3.31. The van der Waals surface area contributed by atoms with Crippen LogP contribution in [0.25, 0.3) is 0 Å². The summed E-state index contributed by atoms with van der Waals surface area (Å²) in [5.74, 6) is -6.54. The van der Waals surface area contributed by atoms with Gasteiger partial charge in [0.25, 0.3) is 11.8 Å². The Morgan fingerprint density at radius 1 is 1.07 bits per heavy atom. The number of likely N-dealkylation sites (tertiary alicyclic amines) is 1. The fourth-order valence-electron chi connectivity index (χ4n) is 7.15. The molecule has 43 heavy (non-hydrogen) atoms. The third kappa shape index (κ3) is 4.11. The second-order valence-electron chi connectivity index (χ2n) is 11.0. The number of halogens is 4. The van der Waals surface area contributed by atoms with Crippen LogP contribution in [0.1, 0.15) is 24.3 Å². The maximum atomic E-state index is 14.1. The molecule has 2 saturated heterocycles. The number of imide groups is 2. The van der Waals surface area contributed by atoms with Gasteiger partial charge in [0, 0.05) is 16.0 Å². The van der Waals surface area contributed by atoms with Crippen molar-refractivity contribution in [1.82, 2.24) is 4.90 Å². The Morgan fingerprint density at radius 3 is 2.44 bits per heavy atom. The van der Waals surface area contributed by atoms with Crippen LogP contribution < -0.4 is 15.1 Å². The van der Waals surface area contributed by atoms with E-state index in [4.69, 9.17) is 27.9 Å². The molecule has 10 nitrogen and oxygen atoms in total. The van der Waals surface area contributed by atoms with E-state index in [1.165, 1.54) is 37.4 Å². The minimum Gasteiger partial charge on any atom is -0.504 e. The smallest absolute Gasteiger partial charge is 0.488 e. The van der Waals surface area contributed by atoms with Crippen molar-refractivity contribution >= 4 is 97.0 Å². The van der Waals surface area contributed by atoms with Gasteiger partial charge in [0.2, 0.25) is 11.8 Å². The summed E-state index contributed by atoms with van der Waals surface area (Å²) in [6, 6.07) is 8.91. The average molecular weight is 757 g/mol. The van der Waals surface area contributed by atoms with Crippen LogP contribution in [-0.2, 0) is 19.2 Å². The van der Waals surface area contributed by atoms with Gasteiger partial charge in [-0.25, -0.2) is 0 Å². The molecule has 4 amide bonds. The third-order valence-corrected chi connectivity index (χ3v) is 11.4. The highest BCUT2D eigenvalue weighted by Gasteiger charge is 2.76. The molecule has 224 valence electrons. The zero-order valence-corrected chi connectivity index (χ0v) is 27.0. The second kappa shape index (κ2) is 10.6. The van der Waals surface area contributed by atoms with Crippen molar-refractivity contribution in [2.45, 2.75) is 28.5 Å². The van der Waals surface area contributed by atoms with Gasteiger partial charge in [-0.3, -0.25) is 29.0 Å². The van der Waals surface area contributed by atoms with Crippen molar-refractivity contribution in [3.8, 4) is 11.5 Å². The van der Waals surface area contributed by atoms with Gasteiger partial charge in [-0.05, 0) is 48.5 Å².